The van der Waals surface area contributed by atoms with Crippen LogP contribution in [-0.4, -0.2) is 19.8 Å². The van der Waals surface area contributed by atoms with E-state index in [0.717, 1.165) is 22.9 Å². The van der Waals surface area contributed by atoms with E-state index in [-0.39, 0.29) is 5.63 Å². The summed E-state index contributed by atoms with van der Waals surface area (Å²) < 4.78 is 12.9. The lowest BCUT2D eigenvalue weighted by atomic mass is 10.1. The van der Waals surface area contributed by atoms with Crippen molar-refractivity contribution in [3.63, 3.8) is 0 Å². The molecule has 138 valence electrons. The molecular formula is C20H14N4O3S. The average Bonchev–Trinajstić information content (AvgIpc) is 3.36. The molecule has 0 unspecified atom stereocenters. The molecule has 28 heavy (non-hydrogen) atoms. The monoisotopic (exact) mass is 390 g/mol. The van der Waals surface area contributed by atoms with Crippen LogP contribution in [0, 0.1) is 0 Å². The summed E-state index contributed by atoms with van der Waals surface area (Å²) in [6.45, 7) is 2.00. The predicted octanol–water partition coefficient (Wildman–Crippen LogP) is 4.31. The van der Waals surface area contributed by atoms with Crippen molar-refractivity contribution in [3.8, 4) is 23.0 Å². The Hall–Kier alpha value is -3.52. The molecule has 0 N–H and O–H groups in total. The van der Waals surface area contributed by atoms with Gasteiger partial charge in [-0.3, -0.25) is 0 Å². The lowest BCUT2D eigenvalue weighted by molar-refractivity contribution is 0.451. The fraction of sp³-hybridized carbons (Fsp3) is 0.100. The van der Waals surface area contributed by atoms with E-state index in [1.165, 1.54) is 6.07 Å². The van der Waals surface area contributed by atoms with Crippen LogP contribution in [0.2, 0.25) is 0 Å². The molecule has 0 aliphatic rings. The molecule has 4 aromatic heterocycles. The topological polar surface area (TPSA) is 82.5 Å². The second-order valence-electron chi connectivity index (χ2n) is 6.18. The van der Waals surface area contributed by atoms with E-state index in [1.54, 1.807) is 34.1 Å². The van der Waals surface area contributed by atoms with Crippen LogP contribution in [0.4, 0.5) is 0 Å². The number of aryl methyl sites for hydroxylation is 1. The fourth-order valence-electron chi connectivity index (χ4n) is 3.09. The van der Waals surface area contributed by atoms with Crippen molar-refractivity contribution in [2.75, 3.05) is 0 Å². The van der Waals surface area contributed by atoms with E-state index in [9.17, 15) is 4.79 Å². The van der Waals surface area contributed by atoms with Gasteiger partial charge in [0.25, 0.3) is 0 Å². The van der Waals surface area contributed by atoms with Crippen molar-refractivity contribution in [3.05, 3.63) is 69.2 Å². The van der Waals surface area contributed by atoms with Gasteiger partial charge < -0.3 is 9.15 Å². The first-order valence-electron chi connectivity index (χ1n) is 8.71. The highest BCUT2D eigenvalue weighted by Gasteiger charge is 2.12. The number of benzene rings is 1. The van der Waals surface area contributed by atoms with E-state index in [0.29, 0.717) is 28.7 Å². The molecule has 4 heterocycles. The number of ether oxygens (including phenoxy) is 1. The van der Waals surface area contributed by atoms with Crippen molar-refractivity contribution in [1.82, 2.24) is 19.8 Å². The number of rotatable bonds is 4. The third-order valence-corrected chi connectivity index (χ3v) is 5.11. The van der Waals surface area contributed by atoms with Crippen molar-refractivity contribution < 1.29 is 9.15 Å². The number of aromatic nitrogens is 4. The summed E-state index contributed by atoms with van der Waals surface area (Å²) in [7, 11) is 0. The molecule has 0 saturated carbocycles. The highest BCUT2D eigenvalue weighted by molar-refractivity contribution is 7.08. The highest BCUT2D eigenvalue weighted by Crippen LogP contribution is 2.27. The molecule has 0 atom stereocenters. The van der Waals surface area contributed by atoms with E-state index in [1.807, 2.05) is 35.9 Å². The Morgan fingerprint density at radius 1 is 1.14 bits per heavy atom. The molecule has 5 aromatic rings. The van der Waals surface area contributed by atoms with Crippen LogP contribution in [0.5, 0.6) is 11.6 Å². The largest absolute Gasteiger partial charge is 0.437 e. The van der Waals surface area contributed by atoms with Crippen molar-refractivity contribution in [1.29, 1.82) is 0 Å². The van der Waals surface area contributed by atoms with Crippen molar-refractivity contribution >= 4 is 28.0 Å². The minimum Gasteiger partial charge on any atom is -0.437 e. The van der Waals surface area contributed by atoms with Crippen LogP contribution in [0.1, 0.15) is 12.5 Å². The first kappa shape index (κ1) is 16.6. The second kappa shape index (κ2) is 6.58. The predicted molar refractivity (Wildman–Crippen MR) is 106 cm³/mol. The Labute approximate surface area is 162 Å². The maximum absolute atomic E-state index is 11.8. The maximum Gasteiger partial charge on any atom is 0.336 e. The third-order valence-electron chi connectivity index (χ3n) is 4.42. The van der Waals surface area contributed by atoms with Crippen LogP contribution in [0.15, 0.2) is 62.4 Å². The van der Waals surface area contributed by atoms with E-state index < -0.39 is 0 Å². The number of thiophene rings is 1. The van der Waals surface area contributed by atoms with Gasteiger partial charge in [0.15, 0.2) is 11.5 Å². The van der Waals surface area contributed by atoms with E-state index in [4.69, 9.17) is 9.15 Å². The smallest absolute Gasteiger partial charge is 0.336 e. The Morgan fingerprint density at radius 2 is 2.07 bits per heavy atom. The zero-order chi connectivity index (χ0) is 19.1. The van der Waals surface area contributed by atoms with Gasteiger partial charge in [-0.1, -0.05) is 6.92 Å². The highest BCUT2D eigenvalue weighted by atomic mass is 32.1. The zero-order valence-electron chi connectivity index (χ0n) is 14.8. The molecule has 5 rings (SSSR count). The number of hydrogen-bond donors (Lipinski definition) is 0. The van der Waals surface area contributed by atoms with Crippen molar-refractivity contribution in [2.24, 2.45) is 0 Å². The van der Waals surface area contributed by atoms with Gasteiger partial charge in [0.1, 0.15) is 11.3 Å². The standard InChI is InChI=1S/C20H14N4O3S/c1-2-12-9-19(25)27-16-10-14(3-4-15(12)16)26-18-6-5-17-21-22-20(24(17)23-18)13-7-8-28-11-13/h3-11H,2H2,1H3. The average molecular weight is 390 g/mol. The third kappa shape index (κ3) is 2.84. The number of fused-ring (bicyclic) bond motifs is 2. The van der Waals surface area contributed by atoms with Gasteiger partial charge in [-0.05, 0) is 41.6 Å². The molecule has 1 aromatic carbocycles. The summed E-state index contributed by atoms with van der Waals surface area (Å²) in [5, 5.41) is 17.7. The normalized spacial score (nSPS) is 11.3. The van der Waals surface area contributed by atoms with Gasteiger partial charge >= 0.3 is 5.63 Å². The minimum absolute atomic E-state index is 0.370. The van der Waals surface area contributed by atoms with Gasteiger partial charge in [-0.25, -0.2) is 4.79 Å². The fourth-order valence-corrected chi connectivity index (χ4v) is 3.72. The first-order valence-corrected chi connectivity index (χ1v) is 9.65. The van der Waals surface area contributed by atoms with E-state index in [2.05, 4.69) is 15.3 Å². The van der Waals surface area contributed by atoms with Gasteiger partial charge in [0.05, 0.1) is 0 Å². The molecule has 8 heteroatoms. The Balaban J connectivity index is 1.54. The SMILES string of the molecule is CCc1cc(=O)oc2cc(Oc3ccc4nnc(-c5ccsc5)n4n3)ccc12. The lowest BCUT2D eigenvalue weighted by Gasteiger charge is -2.07. The zero-order valence-corrected chi connectivity index (χ0v) is 15.6. The Kier molecular flexibility index (Phi) is 3.91. The Bertz CT molecular complexity index is 1360. The molecule has 0 fully saturated rings. The van der Waals surface area contributed by atoms with Crippen LogP contribution in [0.25, 0.3) is 28.0 Å². The molecule has 0 amide bonds. The maximum atomic E-state index is 11.8. The lowest BCUT2D eigenvalue weighted by Crippen LogP contribution is -2.00. The van der Waals surface area contributed by atoms with Crippen LogP contribution < -0.4 is 10.4 Å². The summed E-state index contributed by atoms with van der Waals surface area (Å²) >= 11 is 1.58. The first-order chi connectivity index (χ1) is 13.7. The molecule has 0 aliphatic heterocycles. The van der Waals surface area contributed by atoms with Gasteiger partial charge in [-0.15, -0.1) is 15.3 Å². The van der Waals surface area contributed by atoms with Crippen LogP contribution in [-0.2, 0) is 6.42 Å². The number of hydrogen-bond acceptors (Lipinski definition) is 7. The molecule has 0 radical (unpaired) electrons. The molecule has 0 spiro atoms. The van der Waals surface area contributed by atoms with Gasteiger partial charge in [0, 0.05) is 34.5 Å². The number of nitrogens with zero attached hydrogens (tertiary/aromatic N) is 4. The Morgan fingerprint density at radius 3 is 2.89 bits per heavy atom. The molecular weight excluding hydrogens is 376 g/mol. The molecule has 0 bridgehead atoms. The summed E-state index contributed by atoms with van der Waals surface area (Å²) in [6.07, 6.45) is 0.750. The molecule has 7 nitrogen and oxygen atoms in total. The molecule has 0 aliphatic carbocycles. The summed E-state index contributed by atoms with van der Waals surface area (Å²) in [5.41, 5.74) is 2.65. The van der Waals surface area contributed by atoms with Crippen molar-refractivity contribution in [2.45, 2.75) is 13.3 Å². The quantitative estimate of drug-likeness (QED) is 0.425. The van der Waals surface area contributed by atoms with Crippen LogP contribution >= 0.6 is 11.3 Å². The molecule has 0 saturated heterocycles. The second-order valence-corrected chi connectivity index (χ2v) is 6.96. The summed E-state index contributed by atoms with van der Waals surface area (Å²) in [5.74, 6) is 1.57. The van der Waals surface area contributed by atoms with E-state index >= 15 is 0 Å². The van der Waals surface area contributed by atoms with Crippen LogP contribution in [0.3, 0.4) is 0 Å². The summed E-state index contributed by atoms with van der Waals surface area (Å²) in [4.78, 5) is 11.8. The minimum atomic E-state index is -0.370. The summed E-state index contributed by atoms with van der Waals surface area (Å²) in [6, 6.07) is 12.4. The van der Waals surface area contributed by atoms with Gasteiger partial charge in [-0.2, -0.15) is 15.9 Å². The van der Waals surface area contributed by atoms with Gasteiger partial charge in [0.2, 0.25) is 5.88 Å².